The van der Waals surface area contributed by atoms with Crippen molar-refractivity contribution in [2.24, 2.45) is 5.73 Å². The van der Waals surface area contributed by atoms with Crippen LogP contribution in [-0.4, -0.2) is 23.9 Å². The van der Waals surface area contributed by atoms with E-state index in [1.54, 1.807) is 0 Å². The first-order valence-corrected chi connectivity index (χ1v) is 6.13. The predicted octanol–water partition coefficient (Wildman–Crippen LogP) is 2.32. The molecule has 0 aliphatic carbocycles. The van der Waals surface area contributed by atoms with E-state index in [9.17, 15) is 0 Å². The molecule has 2 rings (SSSR count). The maximum atomic E-state index is 9.08. The number of nitrogens with two attached hydrogens (primary N) is 1. The summed E-state index contributed by atoms with van der Waals surface area (Å²) in [5, 5.41) is 11.3. The van der Waals surface area contributed by atoms with E-state index in [0.29, 0.717) is 13.0 Å². The highest BCUT2D eigenvalue weighted by molar-refractivity contribution is 5.88. The highest BCUT2D eigenvalue weighted by Crippen LogP contribution is 2.25. The molecule has 18 heavy (non-hydrogen) atoms. The van der Waals surface area contributed by atoms with Gasteiger partial charge in [-0.2, -0.15) is 0 Å². The zero-order chi connectivity index (χ0) is 13.0. The summed E-state index contributed by atoms with van der Waals surface area (Å²) in [5.74, 6) is 0.863. The van der Waals surface area contributed by atoms with Gasteiger partial charge in [0, 0.05) is 17.3 Å². The van der Waals surface area contributed by atoms with Gasteiger partial charge in [0.15, 0.2) is 0 Å². The van der Waals surface area contributed by atoms with Crippen molar-refractivity contribution in [2.45, 2.75) is 18.9 Å². The Morgan fingerprint density at radius 2 is 1.89 bits per heavy atom. The standard InChI is InChI=1S/C15H19NO2/c1-15(16,11-17)9-10-18-14-8-4-6-12-5-2-3-7-13(12)14/h2-8,17H,9-11,16H2,1H3. The van der Waals surface area contributed by atoms with Crippen molar-refractivity contribution < 1.29 is 9.84 Å². The smallest absolute Gasteiger partial charge is 0.127 e. The Bertz CT molecular complexity index is 517. The van der Waals surface area contributed by atoms with Gasteiger partial charge in [-0.25, -0.2) is 0 Å². The van der Waals surface area contributed by atoms with E-state index >= 15 is 0 Å². The van der Waals surface area contributed by atoms with Crippen molar-refractivity contribution in [1.82, 2.24) is 0 Å². The molecule has 0 amide bonds. The van der Waals surface area contributed by atoms with Gasteiger partial charge in [0.2, 0.25) is 0 Å². The van der Waals surface area contributed by atoms with E-state index < -0.39 is 5.54 Å². The highest BCUT2D eigenvalue weighted by Gasteiger charge is 2.16. The van der Waals surface area contributed by atoms with Crippen molar-refractivity contribution >= 4 is 10.8 Å². The second-order valence-corrected chi connectivity index (χ2v) is 4.89. The molecule has 0 fully saturated rings. The molecular formula is C15H19NO2. The van der Waals surface area contributed by atoms with Crippen LogP contribution in [0.1, 0.15) is 13.3 Å². The first kappa shape index (κ1) is 12.9. The van der Waals surface area contributed by atoms with Crippen LogP contribution in [0.2, 0.25) is 0 Å². The maximum Gasteiger partial charge on any atom is 0.127 e. The molecule has 0 aliphatic heterocycles. The van der Waals surface area contributed by atoms with Crippen LogP contribution >= 0.6 is 0 Å². The van der Waals surface area contributed by atoms with E-state index in [-0.39, 0.29) is 6.61 Å². The van der Waals surface area contributed by atoms with Gasteiger partial charge < -0.3 is 15.6 Å². The van der Waals surface area contributed by atoms with Crippen LogP contribution in [0.4, 0.5) is 0 Å². The Morgan fingerprint density at radius 1 is 1.17 bits per heavy atom. The molecule has 0 saturated carbocycles. The summed E-state index contributed by atoms with van der Waals surface area (Å²) in [7, 11) is 0. The summed E-state index contributed by atoms with van der Waals surface area (Å²) in [6.07, 6.45) is 0.618. The molecule has 1 unspecified atom stereocenters. The van der Waals surface area contributed by atoms with E-state index in [0.717, 1.165) is 16.5 Å². The molecule has 0 radical (unpaired) electrons. The molecule has 0 spiro atoms. The third-order valence-electron chi connectivity index (χ3n) is 3.04. The molecule has 0 saturated heterocycles. The lowest BCUT2D eigenvalue weighted by molar-refractivity contribution is 0.175. The first-order chi connectivity index (χ1) is 8.62. The molecule has 0 bridgehead atoms. The van der Waals surface area contributed by atoms with Crippen LogP contribution in [-0.2, 0) is 0 Å². The van der Waals surface area contributed by atoms with Gasteiger partial charge in [0.25, 0.3) is 0 Å². The fourth-order valence-electron chi connectivity index (χ4n) is 1.79. The fraction of sp³-hybridized carbons (Fsp3) is 0.333. The Balaban J connectivity index is 2.08. The van der Waals surface area contributed by atoms with Gasteiger partial charge in [0.05, 0.1) is 13.2 Å². The minimum absolute atomic E-state index is 0.0358. The van der Waals surface area contributed by atoms with E-state index in [1.807, 2.05) is 37.3 Å². The zero-order valence-corrected chi connectivity index (χ0v) is 10.6. The van der Waals surface area contributed by atoms with E-state index in [1.165, 1.54) is 0 Å². The Morgan fingerprint density at radius 3 is 2.67 bits per heavy atom. The van der Waals surface area contributed by atoms with Crippen LogP contribution in [0.25, 0.3) is 10.8 Å². The monoisotopic (exact) mass is 245 g/mol. The number of benzene rings is 2. The third-order valence-corrected chi connectivity index (χ3v) is 3.04. The van der Waals surface area contributed by atoms with Crippen molar-refractivity contribution in [3.05, 3.63) is 42.5 Å². The van der Waals surface area contributed by atoms with E-state index in [4.69, 9.17) is 15.6 Å². The van der Waals surface area contributed by atoms with Gasteiger partial charge >= 0.3 is 0 Å². The third kappa shape index (κ3) is 3.00. The van der Waals surface area contributed by atoms with Crippen molar-refractivity contribution in [3.63, 3.8) is 0 Å². The molecule has 3 N–H and O–H groups in total. The summed E-state index contributed by atoms with van der Waals surface area (Å²) < 4.78 is 5.77. The summed E-state index contributed by atoms with van der Waals surface area (Å²) >= 11 is 0. The number of aliphatic hydroxyl groups excluding tert-OH is 1. The summed E-state index contributed by atoms with van der Waals surface area (Å²) in [4.78, 5) is 0. The lowest BCUT2D eigenvalue weighted by atomic mass is 10.0. The number of rotatable bonds is 5. The quantitative estimate of drug-likeness (QED) is 0.850. The van der Waals surface area contributed by atoms with Gasteiger partial charge in [-0.1, -0.05) is 36.4 Å². The lowest BCUT2D eigenvalue weighted by Gasteiger charge is -2.21. The second-order valence-electron chi connectivity index (χ2n) is 4.89. The van der Waals surface area contributed by atoms with Gasteiger partial charge in [-0.15, -0.1) is 0 Å². The molecule has 96 valence electrons. The number of hydrogen-bond acceptors (Lipinski definition) is 3. The predicted molar refractivity (Wildman–Crippen MR) is 73.7 cm³/mol. The Hall–Kier alpha value is -1.58. The largest absolute Gasteiger partial charge is 0.493 e. The number of aliphatic hydroxyl groups is 1. The molecule has 0 heterocycles. The van der Waals surface area contributed by atoms with Crippen LogP contribution in [0.15, 0.2) is 42.5 Å². The average Bonchev–Trinajstić information content (AvgIpc) is 2.39. The molecule has 3 nitrogen and oxygen atoms in total. The molecule has 3 heteroatoms. The molecule has 0 aromatic heterocycles. The van der Waals surface area contributed by atoms with Gasteiger partial charge in [-0.05, 0) is 18.4 Å². The topological polar surface area (TPSA) is 55.5 Å². The summed E-state index contributed by atoms with van der Waals surface area (Å²) in [5.41, 5.74) is 5.28. The van der Waals surface area contributed by atoms with Gasteiger partial charge in [-0.3, -0.25) is 0 Å². The second kappa shape index (κ2) is 5.38. The molecule has 2 aromatic carbocycles. The van der Waals surface area contributed by atoms with Crippen LogP contribution in [0, 0.1) is 0 Å². The first-order valence-electron chi connectivity index (χ1n) is 6.13. The Kier molecular flexibility index (Phi) is 3.84. The number of hydrogen-bond donors (Lipinski definition) is 2. The van der Waals surface area contributed by atoms with Gasteiger partial charge in [0.1, 0.15) is 5.75 Å². The van der Waals surface area contributed by atoms with E-state index in [2.05, 4.69) is 12.1 Å². The SMILES string of the molecule is CC(N)(CO)CCOc1cccc2ccccc12. The molecule has 0 aliphatic rings. The normalized spacial score (nSPS) is 14.4. The maximum absolute atomic E-state index is 9.08. The molecule has 1 atom stereocenters. The Labute approximate surface area is 107 Å². The number of ether oxygens (including phenoxy) is 1. The lowest BCUT2D eigenvalue weighted by Crippen LogP contribution is -2.41. The highest BCUT2D eigenvalue weighted by atomic mass is 16.5. The number of fused-ring (bicyclic) bond motifs is 1. The van der Waals surface area contributed by atoms with Crippen molar-refractivity contribution in [3.8, 4) is 5.75 Å². The van der Waals surface area contributed by atoms with Crippen molar-refractivity contribution in [2.75, 3.05) is 13.2 Å². The fourth-order valence-corrected chi connectivity index (χ4v) is 1.79. The summed E-state index contributed by atoms with van der Waals surface area (Å²) in [6, 6.07) is 14.1. The van der Waals surface area contributed by atoms with Crippen LogP contribution in [0.3, 0.4) is 0 Å². The van der Waals surface area contributed by atoms with Crippen LogP contribution in [0.5, 0.6) is 5.75 Å². The molecule has 2 aromatic rings. The average molecular weight is 245 g/mol. The zero-order valence-electron chi connectivity index (χ0n) is 10.6. The minimum Gasteiger partial charge on any atom is -0.493 e. The van der Waals surface area contributed by atoms with Crippen molar-refractivity contribution in [1.29, 1.82) is 0 Å². The molecular weight excluding hydrogens is 226 g/mol. The van der Waals surface area contributed by atoms with Crippen LogP contribution < -0.4 is 10.5 Å². The summed E-state index contributed by atoms with van der Waals surface area (Å²) in [6.45, 7) is 2.28. The minimum atomic E-state index is -0.579.